The number of aromatic nitrogens is 1. The lowest BCUT2D eigenvalue weighted by molar-refractivity contribution is 0.0919. The molecule has 2 unspecified atom stereocenters. The molecule has 2 rings (SSSR count). The van der Waals surface area contributed by atoms with E-state index in [-0.39, 0.29) is 11.9 Å². The van der Waals surface area contributed by atoms with Gasteiger partial charge in [0.15, 0.2) is 12.1 Å². The molecule has 5 nitrogen and oxygen atoms in total. The zero-order valence-electron chi connectivity index (χ0n) is 14.0. The van der Waals surface area contributed by atoms with Gasteiger partial charge in [0, 0.05) is 19.1 Å². The molecule has 0 saturated carbocycles. The standard InChI is InChI=1S/C16H27N3O2S/c1-11(2)13-8-19(6-5-7-22-4)9-14(13)18-16(20)15-12(3)21-10-17-15/h10-11,13-14H,5-9H2,1-4H3,(H,18,20). The van der Waals surface area contributed by atoms with E-state index in [0.717, 1.165) is 19.6 Å². The van der Waals surface area contributed by atoms with Gasteiger partial charge < -0.3 is 14.6 Å². The Morgan fingerprint density at radius 3 is 2.91 bits per heavy atom. The molecule has 124 valence electrons. The Labute approximate surface area is 137 Å². The smallest absolute Gasteiger partial charge is 0.273 e. The number of amides is 1. The molecule has 0 bridgehead atoms. The summed E-state index contributed by atoms with van der Waals surface area (Å²) in [7, 11) is 0. The molecule has 0 spiro atoms. The maximum Gasteiger partial charge on any atom is 0.273 e. The van der Waals surface area contributed by atoms with Crippen LogP contribution in [-0.4, -0.2) is 53.5 Å². The Kier molecular flexibility index (Phi) is 6.32. The van der Waals surface area contributed by atoms with Gasteiger partial charge in [-0.25, -0.2) is 4.98 Å². The van der Waals surface area contributed by atoms with Crippen molar-refractivity contribution in [3.05, 3.63) is 17.8 Å². The Hall–Kier alpha value is -1.01. The zero-order valence-corrected chi connectivity index (χ0v) is 14.8. The minimum atomic E-state index is -0.118. The van der Waals surface area contributed by atoms with Gasteiger partial charge in [0.05, 0.1) is 0 Å². The van der Waals surface area contributed by atoms with Crippen LogP contribution in [0.1, 0.15) is 36.5 Å². The summed E-state index contributed by atoms with van der Waals surface area (Å²) >= 11 is 1.89. The van der Waals surface area contributed by atoms with Crippen LogP contribution in [0.5, 0.6) is 0 Å². The van der Waals surface area contributed by atoms with Crippen LogP contribution in [-0.2, 0) is 0 Å². The van der Waals surface area contributed by atoms with Crippen LogP contribution in [0.2, 0.25) is 0 Å². The van der Waals surface area contributed by atoms with Gasteiger partial charge in [-0.3, -0.25) is 4.79 Å². The lowest BCUT2D eigenvalue weighted by Gasteiger charge is -2.22. The molecule has 0 aromatic carbocycles. The minimum absolute atomic E-state index is 0.118. The third-order valence-corrected chi connectivity index (χ3v) is 5.09. The van der Waals surface area contributed by atoms with Gasteiger partial charge in [-0.15, -0.1) is 0 Å². The van der Waals surface area contributed by atoms with E-state index in [9.17, 15) is 4.79 Å². The molecule has 22 heavy (non-hydrogen) atoms. The van der Waals surface area contributed by atoms with E-state index in [4.69, 9.17) is 4.42 Å². The third-order valence-electron chi connectivity index (χ3n) is 4.40. The monoisotopic (exact) mass is 325 g/mol. The van der Waals surface area contributed by atoms with Gasteiger partial charge >= 0.3 is 0 Å². The van der Waals surface area contributed by atoms with Gasteiger partial charge in [0.1, 0.15) is 5.76 Å². The topological polar surface area (TPSA) is 58.4 Å². The van der Waals surface area contributed by atoms with Crippen LogP contribution in [0.3, 0.4) is 0 Å². The van der Waals surface area contributed by atoms with Gasteiger partial charge in [0.25, 0.3) is 5.91 Å². The predicted molar refractivity (Wildman–Crippen MR) is 90.3 cm³/mol. The minimum Gasteiger partial charge on any atom is -0.448 e. The number of hydrogen-bond acceptors (Lipinski definition) is 5. The number of nitrogens with one attached hydrogen (secondary N) is 1. The first-order valence-corrected chi connectivity index (χ1v) is 9.34. The molecule has 1 N–H and O–H groups in total. The SMILES string of the molecule is CSCCCN1CC(NC(=O)c2ncoc2C)C(C(C)C)C1. The maximum atomic E-state index is 12.4. The van der Waals surface area contributed by atoms with Crippen LogP contribution in [0, 0.1) is 18.8 Å². The van der Waals surface area contributed by atoms with Crippen LogP contribution >= 0.6 is 11.8 Å². The van der Waals surface area contributed by atoms with Crippen molar-refractivity contribution in [2.75, 3.05) is 31.6 Å². The zero-order chi connectivity index (χ0) is 16.1. The molecule has 0 aliphatic carbocycles. The van der Waals surface area contributed by atoms with Gasteiger partial charge in [-0.2, -0.15) is 11.8 Å². The quantitative estimate of drug-likeness (QED) is 0.780. The molecular formula is C16H27N3O2S. The van der Waals surface area contributed by atoms with E-state index >= 15 is 0 Å². The Balaban J connectivity index is 1.95. The first kappa shape index (κ1) is 17.3. The second-order valence-corrected chi connectivity index (χ2v) is 7.34. The van der Waals surface area contributed by atoms with E-state index in [1.54, 1.807) is 6.92 Å². The summed E-state index contributed by atoms with van der Waals surface area (Å²) in [6.45, 7) is 9.34. The highest BCUT2D eigenvalue weighted by molar-refractivity contribution is 7.98. The fourth-order valence-electron chi connectivity index (χ4n) is 3.12. The van der Waals surface area contributed by atoms with Crippen molar-refractivity contribution >= 4 is 17.7 Å². The third kappa shape index (κ3) is 4.26. The highest BCUT2D eigenvalue weighted by Crippen LogP contribution is 2.25. The number of thioether (sulfide) groups is 1. The molecule has 1 aliphatic rings. The number of nitrogens with zero attached hydrogens (tertiary/aromatic N) is 2. The molecule has 1 aromatic heterocycles. The van der Waals surface area contributed by atoms with Crippen molar-refractivity contribution in [1.82, 2.24) is 15.2 Å². The second kappa shape index (κ2) is 8.02. The van der Waals surface area contributed by atoms with Crippen molar-refractivity contribution in [2.45, 2.75) is 33.2 Å². The number of carbonyl (C=O) groups excluding carboxylic acids is 1. The number of likely N-dealkylation sites (tertiary alicyclic amines) is 1. The average molecular weight is 325 g/mol. The molecule has 1 amide bonds. The lowest BCUT2D eigenvalue weighted by atomic mass is 9.91. The maximum absolute atomic E-state index is 12.4. The van der Waals surface area contributed by atoms with Crippen molar-refractivity contribution in [3.63, 3.8) is 0 Å². The highest BCUT2D eigenvalue weighted by atomic mass is 32.2. The van der Waals surface area contributed by atoms with E-state index < -0.39 is 0 Å². The van der Waals surface area contributed by atoms with Crippen LogP contribution in [0.15, 0.2) is 10.8 Å². The first-order valence-electron chi connectivity index (χ1n) is 7.95. The Bertz CT molecular complexity index is 489. The fourth-order valence-corrected chi connectivity index (χ4v) is 3.53. The fraction of sp³-hybridized carbons (Fsp3) is 0.750. The number of aryl methyl sites for hydroxylation is 1. The summed E-state index contributed by atoms with van der Waals surface area (Å²) in [6, 6.07) is 0.192. The summed E-state index contributed by atoms with van der Waals surface area (Å²) < 4.78 is 5.13. The van der Waals surface area contributed by atoms with Crippen molar-refractivity contribution in [1.29, 1.82) is 0 Å². The number of hydrogen-bond donors (Lipinski definition) is 1. The van der Waals surface area contributed by atoms with Crippen molar-refractivity contribution in [2.24, 2.45) is 11.8 Å². The molecular weight excluding hydrogens is 298 g/mol. The summed E-state index contributed by atoms with van der Waals surface area (Å²) in [6.07, 6.45) is 4.67. The van der Waals surface area contributed by atoms with Gasteiger partial charge in [-0.05, 0) is 43.7 Å². The van der Waals surface area contributed by atoms with Crippen LogP contribution < -0.4 is 5.32 Å². The molecule has 2 atom stereocenters. The summed E-state index contributed by atoms with van der Waals surface area (Å²) in [5, 5.41) is 3.17. The summed E-state index contributed by atoms with van der Waals surface area (Å²) in [5.41, 5.74) is 0.406. The first-order chi connectivity index (χ1) is 10.5. The average Bonchev–Trinajstić information content (AvgIpc) is 3.05. The highest BCUT2D eigenvalue weighted by Gasteiger charge is 2.35. The summed E-state index contributed by atoms with van der Waals surface area (Å²) in [4.78, 5) is 18.8. The van der Waals surface area contributed by atoms with E-state index in [2.05, 4.69) is 35.3 Å². The normalized spacial score (nSPS) is 22.4. The molecule has 1 aromatic rings. The van der Waals surface area contributed by atoms with Crippen LogP contribution in [0.4, 0.5) is 0 Å². The molecule has 2 heterocycles. The lowest BCUT2D eigenvalue weighted by Crippen LogP contribution is -2.42. The largest absolute Gasteiger partial charge is 0.448 e. The van der Waals surface area contributed by atoms with Crippen molar-refractivity contribution in [3.8, 4) is 0 Å². The number of oxazole rings is 1. The summed E-state index contributed by atoms with van der Waals surface area (Å²) in [5.74, 6) is 2.69. The molecule has 6 heteroatoms. The molecule has 1 saturated heterocycles. The van der Waals surface area contributed by atoms with Gasteiger partial charge in [0.2, 0.25) is 0 Å². The Morgan fingerprint density at radius 1 is 1.55 bits per heavy atom. The molecule has 1 fully saturated rings. The van der Waals surface area contributed by atoms with E-state index in [0.29, 0.717) is 23.3 Å². The van der Waals surface area contributed by atoms with E-state index in [1.807, 2.05) is 11.8 Å². The van der Waals surface area contributed by atoms with Gasteiger partial charge in [-0.1, -0.05) is 13.8 Å². The number of rotatable bonds is 7. The van der Waals surface area contributed by atoms with Crippen molar-refractivity contribution < 1.29 is 9.21 Å². The van der Waals surface area contributed by atoms with Crippen LogP contribution in [0.25, 0.3) is 0 Å². The predicted octanol–water partition coefficient (Wildman–Crippen LogP) is 2.42. The van der Waals surface area contributed by atoms with E-state index in [1.165, 1.54) is 18.6 Å². The molecule has 1 aliphatic heterocycles. The molecule has 0 radical (unpaired) electrons. The Morgan fingerprint density at radius 2 is 2.32 bits per heavy atom. The number of carbonyl (C=O) groups is 1. The second-order valence-electron chi connectivity index (χ2n) is 6.35.